The van der Waals surface area contributed by atoms with Gasteiger partial charge in [-0.1, -0.05) is 0 Å². The number of hydrogen-bond donors (Lipinski definition) is 1. The standard InChI is InChI=1S/C20H35N5O/c1-15(2)23-8-5-18(6-9-23)25-11-10-24(13-19(25)7-12-26)20-16(3)17(4)21-14-22-20/h14-15,18-19,26H,5-13H2,1-4H3/t19-/m1/s1. The van der Waals surface area contributed by atoms with E-state index >= 15 is 0 Å². The molecule has 0 saturated carbocycles. The van der Waals surface area contributed by atoms with Gasteiger partial charge in [0.05, 0.1) is 0 Å². The van der Waals surface area contributed by atoms with Gasteiger partial charge in [0.25, 0.3) is 0 Å². The Morgan fingerprint density at radius 2 is 1.85 bits per heavy atom. The first-order chi connectivity index (χ1) is 12.5. The van der Waals surface area contributed by atoms with Crippen LogP contribution in [0.4, 0.5) is 5.82 Å². The molecule has 2 fully saturated rings. The number of piperidine rings is 1. The highest BCUT2D eigenvalue weighted by molar-refractivity contribution is 5.48. The quantitative estimate of drug-likeness (QED) is 0.864. The molecule has 3 heterocycles. The summed E-state index contributed by atoms with van der Waals surface area (Å²) in [5.41, 5.74) is 2.23. The van der Waals surface area contributed by atoms with Crippen LogP contribution in [0.25, 0.3) is 0 Å². The van der Waals surface area contributed by atoms with Gasteiger partial charge in [-0.15, -0.1) is 0 Å². The Hall–Kier alpha value is -1.24. The van der Waals surface area contributed by atoms with E-state index in [2.05, 4.69) is 45.4 Å². The van der Waals surface area contributed by atoms with Gasteiger partial charge in [0, 0.05) is 55.6 Å². The van der Waals surface area contributed by atoms with E-state index in [1.807, 2.05) is 6.92 Å². The number of anilines is 1. The third-order valence-corrected chi connectivity index (χ3v) is 6.30. The number of aliphatic hydroxyl groups excluding tert-OH is 1. The number of hydrogen-bond acceptors (Lipinski definition) is 6. The molecule has 1 aromatic heterocycles. The molecule has 6 nitrogen and oxygen atoms in total. The monoisotopic (exact) mass is 361 g/mol. The second-order valence-electron chi connectivity index (χ2n) is 8.12. The van der Waals surface area contributed by atoms with E-state index in [4.69, 9.17) is 0 Å². The van der Waals surface area contributed by atoms with Gasteiger partial charge >= 0.3 is 0 Å². The van der Waals surface area contributed by atoms with Crippen LogP contribution in [0.5, 0.6) is 0 Å². The van der Waals surface area contributed by atoms with E-state index in [9.17, 15) is 5.11 Å². The second-order valence-corrected chi connectivity index (χ2v) is 8.12. The molecule has 0 bridgehead atoms. The minimum absolute atomic E-state index is 0.252. The predicted molar refractivity (Wildman–Crippen MR) is 106 cm³/mol. The molecule has 0 aromatic carbocycles. The minimum atomic E-state index is 0.252. The molecule has 6 heteroatoms. The number of piperazine rings is 1. The summed E-state index contributed by atoms with van der Waals surface area (Å²) in [6.45, 7) is 14.4. The molecule has 146 valence electrons. The molecule has 0 unspecified atom stereocenters. The van der Waals surface area contributed by atoms with Crippen molar-refractivity contribution in [2.75, 3.05) is 44.2 Å². The van der Waals surface area contributed by atoms with E-state index in [-0.39, 0.29) is 6.61 Å². The van der Waals surface area contributed by atoms with Gasteiger partial charge < -0.3 is 14.9 Å². The number of nitrogens with zero attached hydrogens (tertiary/aromatic N) is 5. The van der Waals surface area contributed by atoms with Crippen LogP contribution in [-0.2, 0) is 0 Å². The fourth-order valence-electron chi connectivity index (χ4n) is 4.53. The Bertz CT molecular complexity index is 586. The van der Waals surface area contributed by atoms with Gasteiger partial charge in [-0.25, -0.2) is 9.97 Å². The third-order valence-electron chi connectivity index (χ3n) is 6.30. The number of aliphatic hydroxyl groups is 1. The van der Waals surface area contributed by atoms with Gasteiger partial charge in [-0.05, 0) is 60.0 Å². The fourth-order valence-corrected chi connectivity index (χ4v) is 4.53. The van der Waals surface area contributed by atoms with Crippen molar-refractivity contribution >= 4 is 5.82 Å². The number of likely N-dealkylation sites (tertiary alicyclic amines) is 1. The molecule has 3 rings (SSSR count). The summed E-state index contributed by atoms with van der Waals surface area (Å²) >= 11 is 0. The third kappa shape index (κ3) is 4.18. The summed E-state index contributed by atoms with van der Waals surface area (Å²) in [5.74, 6) is 1.06. The lowest BCUT2D eigenvalue weighted by atomic mass is 9.97. The topological polar surface area (TPSA) is 55.7 Å². The van der Waals surface area contributed by atoms with Gasteiger partial charge in [0.1, 0.15) is 12.1 Å². The smallest absolute Gasteiger partial charge is 0.135 e. The summed E-state index contributed by atoms with van der Waals surface area (Å²) in [6, 6.07) is 1.70. The van der Waals surface area contributed by atoms with Crippen LogP contribution in [0.15, 0.2) is 6.33 Å². The van der Waals surface area contributed by atoms with Crippen molar-refractivity contribution in [3.63, 3.8) is 0 Å². The Kier molecular flexibility index (Phi) is 6.48. The van der Waals surface area contributed by atoms with Crippen molar-refractivity contribution in [1.29, 1.82) is 0 Å². The van der Waals surface area contributed by atoms with Gasteiger partial charge in [0.15, 0.2) is 0 Å². The Balaban J connectivity index is 1.68. The molecule has 2 aliphatic rings. The Morgan fingerprint density at radius 3 is 2.50 bits per heavy atom. The summed E-state index contributed by atoms with van der Waals surface area (Å²) < 4.78 is 0. The van der Waals surface area contributed by atoms with Crippen LogP contribution in [0, 0.1) is 13.8 Å². The van der Waals surface area contributed by atoms with Crippen molar-refractivity contribution in [3.05, 3.63) is 17.6 Å². The molecule has 0 radical (unpaired) electrons. The zero-order valence-electron chi connectivity index (χ0n) is 16.9. The second kappa shape index (κ2) is 8.63. The average molecular weight is 362 g/mol. The van der Waals surface area contributed by atoms with E-state index < -0.39 is 0 Å². The zero-order chi connectivity index (χ0) is 18.7. The molecular weight excluding hydrogens is 326 g/mol. The minimum Gasteiger partial charge on any atom is -0.396 e. The van der Waals surface area contributed by atoms with Crippen LogP contribution >= 0.6 is 0 Å². The first-order valence-corrected chi connectivity index (χ1v) is 10.1. The molecular formula is C20H35N5O. The summed E-state index contributed by atoms with van der Waals surface area (Å²) in [5, 5.41) is 9.63. The van der Waals surface area contributed by atoms with Crippen LogP contribution < -0.4 is 4.90 Å². The number of rotatable bonds is 5. The molecule has 2 saturated heterocycles. The van der Waals surface area contributed by atoms with Gasteiger partial charge in [-0.3, -0.25) is 4.90 Å². The van der Waals surface area contributed by atoms with Gasteiger partial charge in [0.2, 0.25) is 0 Å². The molecule has 26 heavy (non-hydrogen) atoms. The maximum absolute atomic E-state index is 9.63. The normalized spacial score (nSPS) is 23.8. The highest BCUT2D eigenvalue weighted by Gasteiger charge is 2.34. The molecule has 1 atom stereocenters. The van der Waals surface area contributed by atoms with Crippen LogP contribution in [0.2, 0.25) is 0 Å². The van der Waals surface area contributed by atoms with Crippen LogP contribution in [-0.4, -0.2) is 82.3 Å². The largest absolute Gasteiger partial charge is 0.396 e. The van der Waals surface area contributed by atoms with Crippen LogP contribution in [0.3, 0.4) is 0 Å². The summed E-state index contributed by atoms with van der Waals surface area (Å²) in [4.78, 5) is 16.5. The van der Waals surface area contributed by atoms with Crippen LogP contribution in [0.1, 0.15) is 44.4 Å². The molecule has 0 spiro atoms. The summed E-state index contributed by atoms with van der Waals surface area (Å²) in [7, 11) is 0. The van der Waals surface area contributed by atoms with Gasteiger partial charge in [-0.2, -0.15) is 0 Å². The Morgan fingerprint density at radius 1 is 1.12 bits per heavy atom. The van der Waals surface area contributed by atoms with E-state index in [0.29, 0.717) is 18.1 Å². The predicted octanol–water partition coefficient (Wildman–Crippen LogP) is 1.84. The lowest BCUT2D eigenvalue weighted by molar-refractivity contribution is 0.0462. The highest BCUT2D eigenvalue weighted by Crippen LogP contribution is 2.27. The van der Waals surface area contributed by atoms with Crippen molar-refractivity contribution < 1.29 is 5.11 Å². The summed E-state index contributed by atoms with van der Waals surface area (Å²) in [6.07, 6.45) is 4.99. The first kappa shape index (κ1) is 19.5. The molecule has 1 aromatic rings. The highest BCUT2D eigenvalue weighted by atomic mass is 16.3. The molecule has 2 aliphatic heterocycles. The number of aromatic nitrogens is 2. The molecule has 1 N–H and O–H groups in total. The van der Waals surface area contributed by atoms with E-state index in [1.54, 1.807) is 6.33 Å². The van der Waals surface area contributed by atoms with Crippen molar-refractivity contribution in [1.82, 2.24) is 19.8 Å². The zero-order valence-corrected chi connectivity index (χ0v) is 16.9. The molecule has 0 aliphatic carbocycles. The first-order valence-electron chi connectivity index (χ1n) is 10.1. The van der Waals surface area contributed by atoms with E-state index in [1.165, 1.54) is 31.5 Å². The lowest BCUT2D eigenvalue weighted by Gasteiger charge is -2.48. The van der Waals surface area contributed by atoms with Crippen molar-refractivity contribution in [3.8, 4) is 0 Å². The maximum Gasteiger partial charge on any atom is 0.135 e. The van der Waals surface area contributed by atoms with Crippen molar-refractivity contribution in [2.24, 2.45) is 0 Å². The van der Waals surface area contributed by atoms with E-state index in [0.717, 1.165) is 37.6 Å². The number of aryl methyl sites for hydroxylation is 1. The lowest BCUT2D eigenvalue weighted by Crippen LogP contribution is -2.59. The fraction of sp³-hybridized carbons (Fsp3) is 0.800. The molecule has 0 amide bonds. The Labute approximate surface area is 158 Å². The SMILES string of the molecule is Cc1ncnc(N2CCN(C3CCN(C(C)C)CC3)[C@H](CCO)C2)c1C. The van der Waals surface area contributed by atoms with Crippen molar-refractivity contribution in [2.45, 2.75) is 65.1 Å². The average Bonchev–Trinajstić information content (AvgIpc) is 2.64. The maximum atomic E-state index is 9.63.